The molecule has 1 saturated heterocycles. The number of carbonyl (C=O) groups is 1. The maximum Gasteiger partial charge on any atom is 0.258 e. The van der Waals surface area contributed by atoms with E-state index in [4.69, 9.17) is 9.15 Å². The molecule has 1 unspecified atom stereocenters. The first-order chi connectivity index (χ1) is 10.7. The summed E-state index contributed by atoms with van der Waals surface area (Å²) in [7, 11) is 3.42. The minimum absolute atomic E-state index is 0.00116. The number of hydrogen-bond donors (Lipinski definition) is 0. The van der Waals surface area contributed by atoms with Crippen LogP contribution < -0.4 is 0 Å². The lowest BCUT2D eigenvalue weighted by Gasteiger charge is -2.34. The summed E-state index contributed by atoms with van der Waals surface area (Å²) in [5, 5.41) is 4.32. The molecule has 1 aliphatic rings. The maximum absolute atomic E-state index is 13.0. The zero-order valence-corrected chi connectivity index (χ0v) is 13.0. The highest BCUT2D eigenvalue weighted by molar-refractivity contribution is 5.95. The second-order valence-electron chi connectivity index (χ2n) is 5.62. The second kappa shape index (κ2) is 6.36. The van der Waals surface area contributed by atoms with Crippen molar-refractivity contribution in [1.29, 1.82) is 0 Å². The maximum atomic E-state index is 13.0. The molecule has 1 fully saturated rings. The van der Waals surface area contributed by atoms with E-state index >= 15 is 0 Å². The molecule has 22 heavy (non-hydrogen) atoms. The van der Waals surface area contributed by atoms with Gasteiger partial charge in [0, 0.05) is 26.9 Å². The van der Waals surface area contributed by atoms with Gasteiger partial charge in [-0.15, -0.1) is 0 Å². The van der Waals surface area contributed by atoms with Crippen LogP contribution in [-0.4, -0.2) is 34.2 Å². The summed E-state index contributed by atoms with van der Waals surface area (Å²) in [4.78, 5) is 14.9. The minimum atomic E-state index is 0.00116. The van der Waals surface area contributed by atoms with Crippen LogP contribution in [-0.2, 0) is 18.4 Å². The number of hydrogen-bond acceptors (Lipinski definition) is 4. The monoisotopic (exact) mass is 303 g/mol. The molecule has 3 rings (SSSR count). The van der Waals surface area contributed by atoms with Gasteiger partial charge in [0.2, 0.25) is 0 Å². The lowest BCUT2D eigenvalue weighted by atomic mass is 9.99. The van der Waals surface area contributed by atoms with Crippen molar-refractivity contribution in [2.45, 2.75) is 31.9 Å². The van der Waals surface area contributed by atoms with Gasteiger partial charge in [0.1, 0.15) is 11.5 Å². The first kappa shape index (κ1) is 14.8. The van der Waals surface area contributed by atoms with Crippen LogP contribution in [0.3, 0.4) is 0 Å². The summed E-state index contributed by atoms with van der Waals surface area (Å²) in [5.74, 6) is 0.853. The quantitative estimate of drug-likeness (QED) is 0.871. The van der Waals surface area contributed by atoms with Gasteiger partial charge < -0.3 is 14.1 Å². The zero-order valence-electron chi connectivity index (χ0n) is 13.0. The van der Waals surface area contributed by atoms with E-state index in [0.29, 0.717) is 17.9 Å². The number of nitrogens with zero attached hydrogens (tertiary/aromatic N) is 3. The number of methoxy groups -OCH3 is 1. The molecule has 118 valence electrons. The average molecular weight is 303 g/mol. The lowest BCUT2D eigenvalue weighted by molar-refractivity contribution is 0.0576. The zero-order chi connectivity index (χ0) is 15.5. The number of piperidine rings is 1. The Balaban J connectivity index is 1.89. The van der Waals surface area contributed by atoms with Crippen LogP contribution in [0, 0.1) is 0 Å². The summed E-state index contributed by atoms with van der Waals surface area (Å²) in [6, 6.07) is 3.81. The number of carbonyl (C=O) groups excluding carboxylic acids is 1. The third kappa shape index (κ3) is 2.78. The molecule has 3 heterocycles. The highest BCUT2D eigenvalue weighted by Gasteiger charge is 2.32. The van der Waals surface area contributed by atoms with Crippen LogP contribution in [0.5, 0.6) is 0 Å². The third-order valence-corrected chi connectivity index (χ3v) is 4.05. The van der Waals surface area contributed by atoms with Crippen molar-refractivity contribution in [3.05, 3.63) is 41.6 Å². The molecule has 0 N–H and O–H groups in total. The minimum Gasteiger partial charge on any atom is -0.467 e. The molecule has 2 aromatic heterocycles. The van der Waals surface area contributed by atoms with Crippen molar-refractivity contribution in [2.75, 3.05) is 13.7 Å². The number of aromatic nitrogens is 2. The van der Waals surface area contributed by atoms with E-state index in [1.54, 1.807) is 24.3 Å². The SMILES string of the molecule is COCc1nn(C)cc1C(=O)N1CCCCC1c1ccco1. The van der Waals surface area contributed by atoms with Crippen LogP contribution in [0.1, 0.15) is 47.1 Å². The standard InChI is InChI=1S/C16H21N3O3/c1-18-10-12(13(17-18)11-21-2)16(20)19-8-4-3-6-14(19)15-7-5-9-22-15/h5,7,9-10,14H,3-4,6,8,11H2,1-2H3. The fourth-order valence-electron chi connectivity index (χ4n) is 3.06. The van der Waals surface area contributed by atoms with E-state index in [2.05, 4.69) is 5.10 Å². The molecular formula is C16H21N3O3. The molecule has 1 atom stereocenters. The molecule has 6 nitrogen and oxygen atoms in total. The molecule has 0 aromatic carbocycles. The summed E-state index contributed by atoms with van der Waals surface area (Å²) < 4.78 is 12.3. The van der Waals surface area contributed by atoms with Gasteiger partial charge in [-0.2, -0.15) is 5.10 Å². The highest BCUT2D eigenvalue weighted by Crippen LogP contribution is 2.32. The van der Waals surface area contributed by atoms with E-state index < -0.39 is 0 Å². The first-order valence-electron chi connectivity index (χ1n) is 7.56. The first-order valence-corrected chi connectivity index (χ1v) is 7.56. The van der Waals surface area contributed by atoms with Crippen molar-refractivity contribution in [1.82, 2.24) is 14.7 Å². The van der Waals surface area contributed by atoms with Crippen molar-refractivity contribution in [3.63, 3.8) is 0 Å². The molecule has 0 saturated carbocycles. The number of aryl methyl sites for hydroxylation is 1. The highest BCUT2D eigenvalue weighted by atomic mass is 16.5. The molecule has 0 spiro atoms. The van der Waals surface area contributed by atoms with Crippen LogP contribution in [0.15, 0.2) is 29.0 Å². The van der Waals surface area contributed by atoms with Gasteiger partial charge in [-0.25, -0.2) is 0 Å². The van der Waals surface area contributed by atoms with Crippen molar-refractivity contribution < 1.29 is 13.9 Å². The summed E-state index contributed by atoms with van der Waals surface area (Å²) >= 11 is 0. The van der Waals surface area contributed by atoms with Gasteiger partial charge in [0.15, 0.2) is 0 Å². The molecule has 0 aliphatic carbocycles. The van der Waals surface area contributed by atoms with E-state index in [0.717, 1.165) is 31.6 Å². The molecule has 1 amide bonds. The van der Waals surface area contributed by atoms with Gasteiger partial charge in [0.05, 0.1) is 24.5 Å². The van der Waals surface area contributed by atoms with Crippen LogP contribution in [0.2, 0.25) is 0 Å². The normalized spacial score (nSPS) is 18.6. The molecule has 0 bridgehead atoms. The van der Waals surface area contributed by atoms with Crippen LogP contribution in [0.4, 0.5) is 0 Å². The Hall–Kier alpha value is -2.08. The fraction of sp³-hybridized carbons (Fsp3) is 0.500. The van der Waals surface area contributed by atoms with Crippen LogP contribution >= 0.6 is 0 Å². The summed E-state index contributed by atoms with van der Waals surface area (Å²) in [6.07, 6.45) is 6.48. The fourth-order valence-corrected chi connectivity index (χ4v) is 3.06. The van der Waals surface area contributed by atoms with Crippen LogP contribution in [0.25, 0.3) is 0 Å². The molecule has 0 radical (unpaired) electrons. The number of ether oxygens (including phenoxy) is 1. The van der Waals surface area contributed by atoms with Gasteiger partial charge in [0.25, 0.3) is 5.91 Å². The van der Waals surface area contributed by atoms with Crippen molar-refractivity contribution in [2.24, 2.45) is 7.05 Å². The summed E-state index contributed by atoms with van der Waals surface area (Å²) in [6.45, 7) is 1.08. The Bertz CT molecular complexity index is 633. The van der Waals surface area contributed by atoms with E-state index in [1.807, 2.05) is 24.1 Å². The van der Waals surface area contributed by atoms with Crippen molar-refractivity contribution in [3.8, 4) is 0 Å². The van der Waals surface area contributed by atoms with Gasteiger partial charge in [-0.1, -0.05) is 0 Å². The third-order valence-electron chi connectivity index (χ3n) is 4.05. The number of furan rings is 1. The molecule has 1 aliphatic heterocycles. The Morgan fingerprint density at radius 1 is 1.50 bits per heavy atom. The number of likely N-dealkylation sites (tertiary alicyclic amines) is 1. The predicted octanol–water partition coefficient (Wildman–Crippen LogP) is 2.53. The molecule has 6 heteroatoms. The summed E-state index contributed by atoms with van der Waals surface area (Å²) in [5.41, 5.74) is 1.29. The second-order valence-corrected chi connectivity index (χ2v) is 5.62. The lowest BCUT2D eigenvalue weighted by Crippen LogP contribution is -2.38. The topological polar surface area (TPSA) is 60.5 Å². The van der Waals surface area contributed by atoms with E-state index in [-0.39, 0.29) is 11.9 Å². The number of rotatable bonds is 4. The predicted molar refractivity (Wildman–Crippen MR) is 80.3 cm³/mol. The Morgan fingerprint density at radius 2 is 2.36 bits per heavy atom. The Kier molecular flexibility index (Phi) is 4.29. The number of amides is 1. The van der Waals surface area contributed by atoms with Gasteiger partial charge in [-0.05, 0) is 31.4 Å². The van der Waals surface area contributed by atoms with Crippen molar-refractivity contribution >= 4 is 5.91 Å². The average Bonchev–Trinajstić information content (AvgIpc) is 3.17. The Morgan fingerprint density at radius 3 is 3.09 bits per heavy atom. The smallest absolute Gasteiger partial charge is 0.258 e. The molecule has 2 aromatic rings. The van der Waals surface area contributed by atoms with Gasteiger partial charge in [-0.3, -0.25) is 9.48 Å². The van der Waals surface area contributed by atoms with E-state index in [1.165, 1.54) is 0 Å². The van der Waals surface area contributed by atoms with E-state index in [9.17, 15) is 4.79 Å². The molecular weight excluding hydrogens is 282 g/mol. The largest absolute Gasteiger partial charge is 0.467 e. The Labute approximate surface area is 129 Å². The van der Waals surface area contributed by atoms with Gasteiger partial charge >= 0.3 is 0 Å².